The van der Waals surface area contributed by atoms with E-state index in [1.165, 1.54) is 11.1 Å². The van der Waals surface area contributed by atoms with Gasteiger partial charge in [0.25, 0.3) is 0 Å². The Kier molecular flexibility index (Phi) is 3.56. The molecule has 16 heavy (non-hydrogen) atoms. The molecule has 1 fully saturated rings. The van der Waals surface area contributed by atoms with Crippen molar-refractivity contribution < 1.29 is 5.11 Å². The van der Waals surface area contributed by atoms with Gasteiger partial charge in [-0.05, 0) is 37.0 Å². The predicted octanol–water partition coefficient (Wildman–Crippen LogP) is 1.78. The van der Waals surface area contributed by atoms with E-state index in [2.05, 4.69) is 17.2 Å². The molecule has 2 rings (SSSR count). The first-order valence-electron chi connectivity index (χ1n) is 6.02. The van der Waals surface area contributed by atoms with E-state index in [-0.39, 0.29) is 0 Å². The van der Waals surface area contributed by atoms with Crippen LogP contribution in [0.3, 0.4) is 0 Å². The molecule has 0 spiro atoms. The van der Waals surface area contributed by atoms with Gasteiger partial charge in [0.15, 0.2) is 0 Å². The second-order valence-electron chi connectivity index (χ2n) is 4.84. The van der Waals surface area contributed by atoms with Gasteiger partial charge < -0.3 is 10.4 Å². The highest BCUT2D eigenvalue weighted by molar-refractivity contribution is 5.21. The molecule has 3 heteroatoms. The molecule has 0 saturated heterocycles. The first-order chi connectivity index (χ1) is 7.70. The van der Waals surface area contributed by atoms with Crippen LogP contribution >= 0.6 is 0 Å². The van der Waals surface area contributed by atoms with Crippen LogP contribution in [-0.4, -0.2) is 22.2 Å². The standard InChI is InChI=1S/C13H20N2O/c1-11-8-14-7-4-12(11)9-15-10-13(16)5-2-3-6-13/h4,7-8,15-16H,2-3,5-6,9-10H2,1H3. The van der Waals surface area contributed by atoms with Crippen LogP contribution in [0, 0.1) is 6.92 Å². The third-order valence-electron chi connectivity index (χ3n) is 3.44. The highest BCUT2D eigenvalue weighted by Gasteiger charge is 2.30. The van der Waals surface area contributed by atoms with Crippen molar-refractivity contribution in [2.24, 2.45) is 0 Å². The zero-order valence-corrected chi connectivity index (χ0v) is 9.87. The Morgan fingerprint density at radius 3 is 2.88 bits per heavy atom. The number of hydrogen-bond acceptors (Lipinski definition) is 3. The lowest BCUT2D eigenvalue weighted by Gasteiger charge is -2.22. The van der Waals surface area contributed by atoms with Crippen LogP contribution in [-0.2, 0) is 6.54 Å². The third-order valence-corrected chi connectivity index (χ3v) is 3.44. The Hall–Kier alpha value is -0.930. The largest absolute Gasteiger partial charge is 0.389 e. The van der Waals surface area contributed by atoms with Gasteiger partial charge in [0.2, 0.25) is 0 Å². The highest BCUT2D eigenvalue weighted by Crippen LogP contribution is 2.28. The summed E-state index contributed by atoms with van der Waals surface area (Å²) in [6.45, 7) is 3.58. The van der Waals surface area contributed by atoms with Crippen molar-refractivity contribution in [2.45, 2.75) is 44.8 Å². The summed E-state index contributed by atoms with van der Waals surface area (Å²) in [6, 6.07) is 2.03. The van der Waals surface area contributed by atoms with Crippen LogP contribution in [0.2, 0.25) is 0 Å². The van der Waals surface area contributed by atoms with Crippen LogP contribution in [0.5, 0.6) is 0 Å². The molecule has 0 atom stereocenters. The van der Waals surface area contributed by atoms with Gasteiger partial charge in [-0.15, -0.1) is 0 Å². The molecule has 1 heterocycles. The molecule has 0 aliphatic heterocycles. The fourth-order valence-corrected chi connectivity index (χ4v) is 2.34. The van der Waals surface area contributed by atoms with Crippen molar-refractivity contribution in [2.75, 3.05) is 6.54 Å². The minimum absolute atomic E-state index is 0.457. The van der Waals surface area contributed by atoms with Gasteiger partial charge in [-0.25, -0.2) is 0 Å². The molecule has 3 nitrogen and oxygen atoms in total. The number of aliphatic hydroxyl groups is 1. The first-order valence-corrected chi connectivity index (χ1v) is 6.02. The number of aromatic nitrogens is 1. The fraction of sp³-hybridized carbons (Fsp3) is 0.615. The molecule has 0 aromatic carbocycles. The number of nitrogens with one attached hydrogen (secondary N) is 1. The summed E-state index contributed by atoms with van der Waals surface area (Å²) in [7, 11) is 0. The van der Waals surface area contributed by atoms with Crippen LogP contribution in [0.25, 0.3) is 0 Å². The summed E-state index contributed by atoms with van der Waals surface area (Å²) < 4.78 is 0. The van der Waals surface area contributed by atoms with Gasteiger partial charge in [0.05, 0.1) is 5.60 Å². The second-order valence-corrected chi connectivity index (χ2v) is 4.84. The predicted molar refractivity (Wildman–Crippen MR) is 64.1 cm³/mol. The second kappa shape index (κ2) is 4.93. The summed E-state index contributed by atoms with van der Waals surface area (Å²) in [6.07, 6.45) is 7.89. The topological polar surface area (TPSA) is 45.2 Å². The molecule has 0 radical (unpaired) electrons. The van der Waals surface area contributed by atoms with Gasteiger partial charge in [0, 0.05) is 25.5 Å². The zero-order valence-electron chi connectivity index (χ0n) is 9.87. The average Bonchev–Trinajstić information content (AvgIpc) is 2.68. The maximum absolute atomic E-state index is 10.2. The number of hydrogen-bond donors (Lipinski definition) is 2. The molecule has 1 saturated carbocycles. The van der Waals surface area contributed by atoms with Gasteiger partial charge in [-0.2, -0.15) is 0 Å². The third kappa shape index (κ3) is 2.80. The van der Waals surface area contributed by atoms with Crippen molar-refractivity contribution in [3.8, 4) is 0 Å². The molecule has 1 aromatic rings. The van der Waals surface area contributed by atoms with Gasteiger partial charge in [-0.3, -0.25) is 4.98 Å². The van der Waals surface area contributed by atoms with E-state index in [4.69, 9.17) is 0 Å². The highest BCUT2D eigenvalue weighted by atomic mass is 16.3. The summed E-state index contributed by atoms with van der Waals surface area (Å²) in [4.78, 5) is 4.07. The number of pyridine rings is 1. The molecule has 1 aliphatic rings. The van der Waals surface area contributed by atoms with Gasteiger partial charge in [0.1, 0.15) is 0 Å². The number of nitrogens with zero attached hydrogens (tertiary/aromatic N) is 1. The smallest absolute Gasteiger partial charge is 0.0771 e. The molecular weight excluding hydrogens is 200 g/mol. The molecule has 2 N–H and O–H groups in total. The Morgan fingerprint density at radius 1 is 1.44 bits per heavy atom. The minimum Gasteiger partial charge on any atom is -0.389 e. The molecule has 0 bridgehead atoms. The maximum atomic E-state index is 10.2. The minimum atomic E-state index is -0.457. The van der Waals surface area contributed by atoms with Crippen molar-refractivity contribution >= 4 is 0 Å². The van der Waals surface area contributed by atoms with Crippen LogP contribution in [0.4, 0.5) is 0 Å². The summed E-state index contributed by atoms with van der Waals surface area (Å²) in [5.41, 5.74) is 2.01. The fourth-order valence-electron chi connectivity index (χ4n) is 2.34. The molecular formula is C13H20N2O. The maximum Gasteiger partial charge on any atom is 0.0771 e. The summed E-state index contributed by atoms with van der Waals surface area (Å²) >= 11 is 0. The van der Waals surface area contributed by atoms with Crippen molar-refractivity contribution in [1.82, 2.24) is 10.3 Å². The normalized spacial score (nSPS) is 18.9. The van der Waals surface area contributed by atoms with Crippen LogP contribution < -0.4 is 5.32 Å². The Morgan fingerprint density at radius 2 is 2.19 bits per heavy atom. The zero-order chi connectivity index (χ0) is 11.4. The molecule has 88 valence electrons. The Bertz CT molecular complexity index is 346. The van der Waals surface area contributed by atoms with E-state index in [1.54, 1.807) is 0 Å². The van der Waals surface area contributed by atoms with Gasteiger partial charge in [-0.1, -0.05) is 12.8 Å². The van der Waals surface area contributed by atoms with Crippen molar-refractivity contribution in [3.63, 3.8) is 0 Å². The van der Waals surface area contributed by atoms with E-state index in [0.717, 1.165) is 32.2 Å². The van der Waals surface area contributed by atoms with E-state index in [0.29, 0.717) is 6.54 Å². The van der Waals surface area contributed by atoms with Crippen molar-refractivity contribution in [1.29, 1.82) is 0 Å². The lowest BCUT2D eigenvalue weighted by Crippen LogP contribution is -2.37. The first kappa shape index (κ1) is 11.6. The molecule has 1 aromatic heterocycles. The summed E-state index contributed by atoms with van der Waals surface area (Å²) in [5.74, 6) is 0. The lowest BCUT2D eigenvalue weighted by atomic mass is 10.0. The van der Waals surface area contributed by atoms with Crippen LogP contribution in [0.15, 0.2) is 18.5 Å². The van der Waals surface area contributed by atoms with E-state index in [1.807, 2.05) is 18.5 Å². The van der Waals surface area contributed by atoms with E-state index in [9.17, 15) is 5.11 Å². The molecule has 0 unspecified atom stereocenters. The van der Waals surface area contributed by atoms with E-state index >= 15 is 0 Å². The molecule has 0 amide bonds. The monoisotopic (exact) mass is 220 g/mol. The molecule has 1 aliphatic carbocycles. The SMILES string of the molecule is Cc1cnccc1CNCC1(O)CCCC1. The lowest BCUT2D eigenvalue weighted by molar-refractivity contribution is 0.0474. The average molecular weight is 220 g/mol. The quantitative estimate of drug-likeness (QED) is 0.813. The number of aryl methyl sites for hydroxylation is 1. The Labute approximate surface area is 96.9 Å². The van der Waals surface area contributed by atoms with Gasteiger partial charge >= 0.3 is 0 Å². The number of rotatable bonds is 4. The summed E-state index contributed by atoms with van der Waals surface area (Å²) in [5, 5.41) is 13.5. The van der Waals surface area contributed by atoms with Crippen molar-refractivity contribution in [3.05, 3.63) is 29.6 Å². The Balaban J connectivity index is 1.82. The van der Waals surface area contributed by atoms with E-state index < -0.39 is 5.60 Å². The van der Waals surface area contributed by atoms with Crippen LogP contribution in [0.1, 0.15) is 36.8 Å².